The quantitative estimate of drug-likeness (QED) is 0.640. The van der Waals surface area contributed by atoms with Crippen LogP contribution < -0.4 is 5.32 Å². The fourth-order valence-electron chi connectivity index (χ4n) is 2.12. The van der Waals surface area contributed by atoms with Gasteiger partial charge in [-0.2, -0.15) is 0 Å². The van der Waals surface area contributed by atoms with E-state index in [1.807, 2.05) is 23.6 Å². The van der Waals surface area contributed by atoms with Crippen molar-refractivity contribution in [2.75, 3.05) is 0 Å². The van der Waals surface area contributed by atoms with Crippen LogP contribution in [0.4, 0.5) is 4.39 Å². The topological polar surface area (TPSA) is 54.9 Å². The minimum Gasteiger partial charge on any atom is -0.352 e. The van der Waals surface area contributed by atoms with E-state index in [-0.39, 0.29) is 18.1 Å². The highest BCUT2D eigenvalue weighted by atomic mass is 32.2. The van der Waals surface area contributed by atoms with Crippen molar-refractivity contribution in [2.24, 2.45) is 0 Å². The molecule has 0 saturated carbocycles. The van der Waals surface area contributed by atoms with E-state index in [4.69, 9.17) is 0 Å². The number of thioether (sulfide) groups is 1. The van der Waals surface area contributed by atoms with Gasteiger partial charge in [-0.3, -0.25) is 9.78 Å². The zero-order valence-electron chi connectivity index (χ0n) is 13.3. The number of halogens is 1. The van der Waals surface area contributed by atoms with Gasteiger partial charge in [-0.1, -0.05) is 30.0 Å². The first-order chi connectivity index (χ1) is 12.2. The predicted molar refractivity (Wildman–Crippen MR) is 97.9 cm³/mol. The molecular weight excluding hydrogens is 357 g/mol. The van der Waals surface area contributed by atoms with Gasteiger partial charge in [0.1, 0.15) is 10.2 Å². The largest absolute Gasteiger partial charge is 0.352 e. The molecule has 0 spiro atoms. The van der Waals surface area contributed by atoms with E-state index in [0.29, 0.717) is 17.9 Å². The van der Waals surface area contributed by atoms with Gasteiger partial charge in [0.25, 0.3) is 0 Å². The Labute approximate surface area is 153 Å². The maximum absolute atomic E-state index is 13.6. The summed E-state index contributed by atoms with van der Waals surface area (Å²) in [6.45, 7) is 0.473. The second kappa shape index (κ2) is 8.73. The molecule has 2 heterocycles. The molecule has 0 atom stereocenters. The summed E-state index contributed by atoms with van der Waals surface area (Å²) in [4.78, 5) is 20.4. The van der Waals surface area contributed by atoms with E-state index < -0.39 is 0 Å². The summed E-state index contributed by atoms with van der Waals surface area (Å²) >= 11 is 2.95. The molecular formula is C18H16FN3OS2. The van der Waals surface area contributed by atoms with Crippen LogP contribution >= 0.6 is 23.1 Å². The number of nitrogens with one attached hydrogen (secondary N) is 1. The van der Waals surface area contributed by atoms with Gasteiger partial charge in [0.05, 0.1) is 12.1 Å². The highest BCUT2D eigenvalue weighted by Crippen LogP contribution is 2.27. The fraction of sp³-hybridized carbons (Fsp3) is 0.167. The van der Waals surface area contributed by atoms with Crippen LogP contribution in [0.5, 0.6) is 0 Å². The molecule has 1 N–H and O–H groups in total. The Bertz CT molecular complexity index is 839. The summed E-state index contributed by atoms with van der Waals surface area (Å²) in [5, 5.41) is 4.73. The molecule has 3 rings (SSSR count). The Hall–Kier alpha value is -2.25. The molecule has 4 nitrogen and oxygen atoms in total. The van der Waals surface area contributed by atoms with E-state index in [1.165, 1.54) is 29.2 Å². The molecule has 0 bridgehead atoms. The number of carbonyl (C=O) groups is 1. The number of amides is 1. The molecule has 0 unspecified atom stereocenters. The van der Waals surface area contributed by atoms with E-state index in [9.17, 15) is 9.18 Å². The second-order valence-corrected chi connectivity index (χ2v) is 7.37. The van der Waals surface area contributed by atoms with Gasteiger partial charge in [-0.05, 0) is 29.3 Å². The third-order valence-electron chi connectivity index (χ3n) is 3.42. The van der Waals surface area contributed by atoms with Crippen molar-refractivity contribution in [3.05, 3.63) is 76.8 Å². The lowest BCUT2D eigenvalue weighted by Crippen LogP contribution is -2.24. The highest BCUT2D eigenvalue weighted by Gasteiger charge is 2.09. The van der Waals surface area contributed by atoms with Gasteiger partial charge in [0.2, 0.25) is 5.91 Å². The third-order valence-corrected chi connectivity index (χ3v) is 5.54. The van der Waals surface area contributed by atoms with Crippen molar-refractivity contribution in [3.63, 3.8) is 0 Å². The van der Waals surface area contributed by atoms with Crippen LogP contribution in [0.25, 0.3) is 0 Å². The lowest BCUT2D eigenvalue weighted by Gasteiger charge is -2.03. The summed E-state index contributed by atoms with van der Waals surface area (Å²) in [6.07, 6.45) is 3.63. The highest BCUT2D eigenvalue weighted by molar-refractivity contribution is 8.00. The number of aromatic nitrogens is 2. The molecule has 1 aromatic carbocycles. The van der Waals surface area contributed by atoms with Gasteiger partial charge in [-0.15, -0.1) is 11.3 Å². The number of benzene rings is 1. The van der Waals surface area contributed by atoms with E-state index in [1.54, 1.807) is 24.5 Å². The first-order valence-electron chi connectivity index (χ1n) is 7.67. The molecule has 0 radical (unpaired) electrons. The van der Waals surface area contributed by atoms with Crippen molar-refractivity contribution < 1.29 is 9.18 Å². The monoisotopic (exact) mass is 373 g/mol. The molecule has 128 valence electrons. The molecule has 0 fully saturated rings. The maximum atomic E-state index is 13.6. The minimum absolute atomic E-state index is 0.0761. The number of nitrogens with zero attached hydrogens (tertiary/aromatic N) is 2. The molecule has 0 saturated heterocycles. The first-order valence-corrected chi connectivity index (χ1v) is 9.53. The SMILES string of the molecule is O=C(Cc1csc(SCc2ccccc2F)n1)NCc1ccncc1. The van der Waals surface area contributed by atoms with Crippen LogP contribution in [0.3, 0.4) is 0 Å². The van der Waals surface area contributed by atoms with Crippen LogP contribution in [0.2, 0.25) is 0 Å². The van der Waals surface area contributed by atoms with E-state index >= 15 is 0 Å². The maximum Gasteiger partial charge on any atom is 0.226 e. The zero-order valence-corrected chi connectivity index (χ0v) is 14.9. The van der Waals surface area contributed by atoms with Gasteiger partial charge >= 0.3 is 0 Å². The standard InChI is InChI=1S/C18H16FN3OS2/c19-16-4-2-1-3-14(16)11-24-18-22-15(12-25-18)9-17(23)21-10-13-5-7-20-8-6-13/h1-8,12H,9-11H2,(H,21,23). The lowest BCUT2D eigenvalue weighted by molar-refractivity contribution is -0.120. The molecule has 25 heavy (non-hydrogen) atoms. The Morgan fingerprint density at radius 3 is 2.80 bits per heavy atom. The van der Waals surface area contributed by atoms with Crippen molar-refractivity contribution in [3.8, 4) is 0 Å². The number of hydrogen-bond acceptors (Lipinski definition) is 5. The summed E-state index contributed by atoms with van der Waals surface area (Å²) < 4.78 is 14.4. The average Bonchev–Trinajstić information content (AvgIpc) is 3.07. The summed E-state index contributed by atoms with van der Waals surface area (Å²) in [6, 6.07) is 10.4. The first kappa shape index (κ1) is 17.6. The summed E-state index contributed by atoms with van der Waals surface area (Å²) in [5.74, 6) is 0.239. The van der Waals surface area contributed by atoms with Crippen molar-refractivity contribution in [2.45, 2.75) is 23.1 Å². The Morgan fingerprint density at radius 1 is 1.20 bits per heavy atom. The predicted octanol–water partition coefficient (Wildman–Crippen LogP) is 3.83. The number of thiazole rings is 1. The lowest BCUT2D eigenvalue weighted by atomic mass is 10.2. The molecule has 3 aromatic rings. The summed E-state index contributed by atoms with van der Waals surface area (Å²) in [7, 11) is 0. The van der Waals surface area contributed by atoms with Crippen molar-refractivity contribution in [1.82, 2.24) is 15.3 Å². The van der Waals surface area contributed by atoms with E-state index in [2.05, 4.69) is 15.3 Å². The number of rotatable bonds is 7. The smallest absolute Gasteiger partial charge is 0.226 e. The molecule has 2 aromatic heterocycles. The van der Waals surface area contributed by atoms with Crippen LogP contribution in [-0.4, -0.2) is 15.9 Å². The zero-order chi connectivity index (χ0) is 17.5. The van der Waals surface area contributed by atoms with Gasteiger partial charge in [0.15, 0.2) is 0 Å². The van der Waals surface area contributed by atoms with Gasteiger partial charge in [-0.25, -0.2) is 9.37 Å². The molecule has 7 heteroatoms. The van der Waals surface area contributed by atoms with Crippen molar-refractivity contribution in [1.29, 1.82) is 0 Å². The van der Waals surface area contributed by atoms with Crippen LogP contribution in [-0.2, 0) is 23.5 Å². The molecule has 1 amide bonds. The van der Waals surface area contributed by atoms with Crippen LogP contribution in [0, 0.1) is 5.82 Å². The third kappa shape index (κ3) is 5.37. The number of pyridine rings is 1. The Morgan fingerprint density at radius 2 is 2.00 bits per heavy atom. The Balaban J connectivity index is 1.48. The Kier molecular flexibility index (Phi) is 6.14. The average molecular weight is 373 g/mol. The number of hydrogen-bond donors (Lipinski definition) is 1. The number of carbonyl (C=O) groups excluding carboxylic acids is 1. The van der Waals surface area contributed by atoms with Crippen LogP contribution in [0.15, 0.2) is 58.5 Å². The van der Waals surface area contributed by atoms with Gasteiger partial charge in [0, 0.05) is 30.1 Å². The minimum atomic E-state index is -0.206. The second-order valence-electron chi connectivity index (χ2n) is 5.29. The molecule has 0 aliphatic rings. The van der Waals surface area contributed by atoms with E-state index in [0.717, 1.165) is 15.6 Å². The normalized spacial score (nSPS) is 10.6. The fourth-order valence-corrected chi connectivity index (χ4v) is 3.95. The van der Waals surface area contributed by atoms with Crippen molar-refractivity contribution >= 4 is 29.0 Å². The van der Waals surface area contributed by atoms with Crippen LogP contribution in [0.1, 0.15) is 16.8 Å². The molecule has 0 aliphatic carbocycles. The van der Waals surface area contributed by atoms with Gasteiger partial charge < -0.3 is 5.32 Å². The molecule has 0 aliphatic heterocycles. The summed E-state index contributed by atoms with van der Waals surface area (Å²) in [5.41, 5.74) is 2.38.